The summed E-state index contributed by atoms with van der Waals surface area (Å²) in [6.07, 6.45) is 4.28. The van der Waals surface area contributed by atoms with E-state index in [2.05, 4.69) is 31.1 Å². The predicted molar refractivity (Wildman–Crippen MR) is 113 cm³/mol. The molecule has 1 amide bonds. The highest BCUT2D eigenvalue weighted by Gasteiger charge is 2.28. The van der Waals surface area contributed by atoms with E-state index in [1.54, 1.807) is 0 Å². The zero-order valence-corrected chi connectivity index (χ0v) is 18.0. The first-order valence-electron chi connectivity index (χ1n) is 10.0. The summed E-state index contributed by atoms with van der Waals surface area (Å²) in [5, 5.41) is 4.03. The number of hydrogen-bond acceptors (Lipinski definition) is 3. The van der Waals surface area contributed by atoms with Gasteiger partial charge in [0, 0.05) is 23.5 Å². The van der Waals surface area contributed by atoms with Crippen molar-refractivity contribution in [2.24, 2.45) is 5.41 Å². The molecule has 1 aromatic heterocycles. The molecule has 5 nitrogen and oxygen atoms in total. The summed E-state index contributed by atoms with van der Waals surface area (Å²) in [4.78, 5) is 28.4. The van der Waals surface area contributed by atoms with Gasteiger partial charge in [0.1, 0.15) is 11.6 Å². The number of nitrogens with one attached hydrogen (secondary N) is 2. The molecular weight excluding hydrogens is 352 g/mol. The number of esters is 1. The maximum atomic E-state index is 12.6. The number of rotatable bonds is 7. The molecule has 154 valence electrons. The van der Waals surface area contributed by atoms with Gasteiger partial charge in [-0.15, -0.1) is 0 Å². The quantitative estimate of drug-likeness (QED) is 0.674. The summed E-state index contributed by atoms with van der Waals surface area (Å²) in [6, 6.07) is 7.42. The van der Waals surface area contributed by atoms with Gasteiger partial charge < -0.3 is 15.0 Å². The second-order valence-corrected chi connectivity index (χ2v) is 9.61. The Morgan fingerprint density at radius 2 is 1.79 bits per heavy atom. The van der Waals surface area contributed by atoms with E-state index in [4.69, 9.17) is 4.74 Å². The third kappa shape index (κ3) is 7.02. The van der Waals surface area contributed by atoms with Gasteiger partial charge in [0.05, 0.1) is 0 Å². The number of para-hydroxylation sites is 1. The van der Waals surface area contributed by atoms with Crippen molar-refractivity contribution < 1.29 is 14.3 Å². The minimum Gasteiger partial charge on any atom is -0.458 e. The number of aryl methyl sites for hydroxylation is 1. The SMILES string of the molecule is CC(C)(C)CCC(NC(=O)CCc1c[nH]c2ccccc12)C(=O)OC(C)(C)C. The summed E-state index contributed by atoms with van der Waals surface area (Å²) in [7, 11) is 0. The minimum absolute atomic E-state index is 0.0784. The Bertz CT molecular complexity index is 809. The Kier molecular flexibility index (Phi) is 6.91. The van der Waals surface area contributed by atoms with E-state index in [0.717, 1.165) is 22.9 Å². The second kappa shape index (κ2) is 8.80. The molecule has 0 fully saturated rings. The van der Waals surface area contributed by atoms with Gasteiger partial charge in [-0.1, -0.05) is 39.0 Å². The fraction of sp³-hybridized carbons (Fsp3) is 0.565. The van der Waals surface area contributed by atoms with E-state index in [1.807, 2.05) is 51.2 Å². The Hall–Kier alpha value is -2.30. The maximum Gasteiger partial charge on any atom is 0.329 e. The molecule has 0 aliphatic carbocycles. The Balaban J connectivity index is 1.99. The lowest BCUT2D eigenvalue weighted by Gasteiger charge is -2.26. The van der Waals surface area contributed by atoms with Crippen LogP contribution in [0.1, 0.15) is 66.4 Å². The number of ether oxygens (including phenoxy) is 1. The maximum absolute atomic E-state index is 12.6. The normalized spacial score (nSPS) is 13.4. The lowest BCUT2D eigenvalue weighted by atomic mass is 9.88. The van der Waals surface area contributed by atoms with E-state index < -0.39 is 11.6 Å². The van der Waals surface area contributed by atoms with Gasteiger partial charge in [-0.05, 0) is 57.1 Å². The number of carbonyl (C=O) groups excluding carboxylic acids is 2. The zero-order valence-electron chi connectivity index (χ0n) is 18.0. The van der Waals surface area contributed by atoms with Crippen LogP contribution in [0.4, 0.5) is 0 Å². The molecule has 0 radical (unpaired) electrons. The van der Waals surface area contributed by atoms with Gasteiger partial charge in [-0.3, -0.25) is 4.79 Å². The topological polar surface area (TPSA) is 71.2 Å². The monoisotopic (exact) mass is 386 g/mol. The molecule has 1 unspecified atom stereocenters. The molecule has 0 spiro atoms. The van der Waals surface area contributed by atoms with Crippen molar-refractivity contribution in [3.63, 3.8) is 0 Å². The smallest absolute Gasteiger partial charge is 0.329 e. The highest BCUT2D eigenvalue weighted by atomic mass is 16.6. The third-order valence-electron chi connectivity index (χ3n) is 4.51. The number of amides is 1. The van der Waals surface area contributed by atoms with Crippen LogP contribution in [0, 0.1) is 5.41 Å². The van der Waals surface area contributed by atoms with Crippen molar-refractivity contribution in [3.8, 4) is 0 Å². The molecule has 2 rings (SSSR count). The predicted octanol–water partition coefficient (Wildman–Crippen LogP) is 4.75. The molecule has 1 aromatic carbocycles. The molecule has 28 heavy (non-hydrogen) atoms. The molecule has 0 aliphatic heterocycles. The molecule has 5 heteroatoms. The highest BCUT2D eigenvalue weighted by molar-refractivity contribution is 5.86. The van der Waals surface area contributed by atoms with Crippen LogP contribution in [0.25, 0.3) is 10.9 Å². The molecule has 0 saturated carbocycles. The van der Waals surface area contributed by atoms with Gasteiger partial charge in [0.2, 0.25) is 5.91 Å². The minimum atomic E-state index is -0.617. The van der Waals surface area contributed by atoms with Gasteiger partial charge in [0.15, 0.2) is 0 Å². The second-order valence-electron chi connectivity index (χ2n) is 9.61. The van der Waals surface area contributed by atoms with Gasteiger partial charge >= 0.3 is 5.97 Å². The number of aromatic amines is 1. The molecule has 1 atom stereocenters. The highest BCUT2D eigenvalue weighted by Crippen LogP contribution is 2.23. The van der Waals surface area contributed by atoms with Crippen LogP contribution >= 0.6 is 0 Å². The van der Waals surface area contributed by atoms with E-state index >= 15 is 0 Å². The summed E-state index contributed by atoms with van der Waals surface area (Å²) < 4.78 is 5.52. The molecule has 2 aromatic rings. The number of H-pyrrole nitrogens is 1. The van der Waals surface area contributed by atoms with Crippen molar-refractivity contribution in [1.82, 2.24) is 10.3 Å². The van der Waals surface area contributed by atoms with Crippen molar-refractivity contribution in [1.29, 1.82) is 0 Å². The Labute approximate surface area is 168 Å². The molecule has 2 N–H and O–H groups in total. The number of carbonyl (C=O) groups is 2. The number of aromatic nitrogens is 1. The van der Waals surface area contributed by atoms with Crippen LogP contribution in [0.3, 0.4) is 0 Å². The Morgan fingerprint density at radius 3 is 2.43 bits per heavy atom. The van der Waals surface area contributed by atoms with Crippen LogP contribution in [0.5, 0.6) is 0 Å². The Morgan fingerprint density at radius 1 is 1.11 bits per heavy atom. The fourth-order valence-electron chi connectivity index (χ4n) is 3.05. The fourth-order valence-corrected chi connectivity index (χ4v) is 3.05. The lowest BCUT2D eigenvalue weighted by Crippen LogP contribution is -2.44. The standard InChI is InChI=1S/C23H34N2O3/c1-22(2,3)14-13-19(21(27)28-23(4,5)6)25-20(26)12-11-16-15-24-18-10-8-7-9-17(16)18/h7-10,15,19,24H,11-14H2,1-6H3,(H,25,26). The summed E-state index contributed by atoms with van der Waals surface area (Å²) in [5.74, 6) is -0.493. The zero-order chi connectivity index (χ0) is 20.9. The first kappa shape index (κ1) is 22.0. The largest absolute Gasteiger partial charge is 0.458 e. The molecular formula is C23H34N2O3. The third-order valence-corrected chi connectivity index (χ3v) is 4.51. The van der Waals surface area contributed by atoms with Crippen molar-refractivity contribution >= 4 is 22.8 Å². The van der Waals surface area contributed by atoms with Gasteiger partial charge in [-0.2, -0.15) is 0 Å². The van der Waals surface area contributed by atoms with Crippen molar-refractivity contribution in [2.75, 3.05) is 0 Å². The number of hydrogen-bond donors (Lipinski definition) is 2. The van der Waals surface area contributed by atoms with E-state index in [9.17, 15) is 9.59 Å². The average Bonchev–Trinajstić information content (AvgIpc) is 2.97. The average molecular weight is 387 g/mol. The van der Waals surface area contributed by atoms with Crippen molar-refractivity contribution in [2.45, 2.75) is 78.9 Å². The lowest BCUT2D eigenvalue weighted by molar-refractivity contribution is -0.159. The first-order chi connectivity index (χ1) is 12.9. The van der Waals surface area contributed by atoms with Crippen molar-refractivity contribution in [3.05, 3.63) is 36.0 Å². The van der Waals surface area contributed by atoms with Crippen LogP contribution in [0.15, 0.2) is 30.5 Å². The van der Waals surface area contributed by atoms with Crippen LogP contribution in [-0.2, 0) is 20.7 Å². The summed E-state index contributed by atoms with van der Waals surface area (Å²) >= 11 is 0. The molecule has 0 saturated heterocycles. The molecule has 0 bridgehead atoms. The summed E-state index contributed by atoms with van der Waals surface area (Å²) in [5.41, 5.74) is 1.67. The number of fused-ring (bicyclic) bond motifs is 1. The molecule has 1 heterocycles. The van der Waals surface area contributed by atoms with E-state index in [-0.39, 0.29) is 17.3 Å². The molecule has 0 aliphatic rings. The van der Waals surface area contributed by atoms with E-state index in [0.29, 0.717) is 19.3 Å². The van der Waals surface area contributed by atoms with Gasteiger partial charge in [0.25, 0.3) is 0 Å². The number of benzene rings is 1. The van der Waals surface area contributed by atoms with Crippen LogP contribution in [-0.4, -0.2) is 28.5 Å². The van der Waals surface area contributed by atoms with Crippen LogP contribution in [0.2, 0.25) is 0 Å². The first-order valence-corrected chi connectivity index (χ1v) is 10.0. The van der Waals surface area contributed by atoms with Crippen LogP contribution < -0.4 is 5.32 Å². The van der Waals surface area contributed by atoms with E-state index in [1.165, 1.54) is 0 Å². The summed E-state index contributed by atoms with van der Waals surface area (Å²) in [6.45, 7) is 11.9. The van der Waals surface area contributed by atoms with Gasteiger partial charge in [-0.25, -0.2) is 4.79 Å².